The largest absolute Gasteiger partial charge is 0.497 e. The maximum absolute atomic E-state index is 13.3. The molecule has 0 radical (unpaired) electrons. The van der Waals surface area contributed by atoms with Crippen LogP contribution in [-0.2, 0) is 6.18 Å². The third-order valence-corrected chi connectivity index (χ3v) is 6.13. The van der Waals surface area contributed by atoms with Crippen LogP contribution in [0.3, 0.4) is 0 Å². The Bertz CT molecular complexity index is 1370. The van der Waals surface area contributed by atoms with E-state index in [1.54, 1.807) is 25.3 Å². The molecule has 0 bridgehead atoms. The van der Waals surface area contributed by atoms with Crippen LogP contribution in [0.4, 0.5) is 18.9 Å². The van der Waals surface area contributed by atoms with Gasteiger partial charge in [-0.3, -0.25) is 4.79 Å². The number of aromatic nitrogens is 1. The highest BCUT2D eigenvalue weighted by molar-refractivity contribution is 7.21. The first kappa shape index (κ1) is 23.4. The Hall–Kier alpha value is -3.79. The van der Waals surface area contributed by atoms with Gasteiger partial charge in [-0.1, -0.05) is 0 Å². The number of nitrogens with zero attached hydrogens (tertiary/aromatic N) is 1. The summed E-state index contributed by atoms with van der Waals surface area (Å²) in [6, 6.07) is 13.8. The highest BCUT2D eigenvalue weighted by Crippen LogP contribution is 2.38. The van der Waals surface area contributed by atoms with Crippen LogP contribution in [0, 0.1) is 0 Å². The third-order valence-electron chi connectivity index (χ3n) is 5.06. The predicted octanol–water partition coefficient (Wildman–Crippen LogP) is 6.26. The molecule has 1 amide bonds. The van der Waals surface area contributed by atoms with Gasteiger partial charge >= 0.3 is 6.18 Å². The Balaban J connectivity index is 1.62. The van der Waals surface area contributed by atoms with Gasteiger partial charge in [0.2, 0.25) is 0 Å². The lowest BCUT2D eigenvalue weighted by molar-refractivity contribution is -0.138. The Morgan fingerprint density at radius 2 is 1.68 bits per heavy atom. The number of rotatable bonds is 6. The zero-order valence-corrected chi connectivity index (χ0v) is 19.1. The number of carbonyl (C=O) groups is 1. The van der Waals surface area contributed by atoms with Gasteiger partial charge < -0.3 is 19.5 Å². The lowest BCUT2D eigenvalue weighted by Crippen LogP contribution is -2.15. The van der Waals surface area contributed by atoms with E-state index in [4.69, 9.17) is 14.2 Å². The van der Waals surface area contributed by atoms with Crippen LogP contribution in [0.2, 0.25) is 0 Å². The number of nitrogens with one attached hydrogen (secondary N) is 1. The summed E-state index contributed by atoms with van der Waals surface area (Å²) >= 11 is 1.47. The molecule has 0 aliphatic heterocycles. The first-order valence-corrected chi connectivity index (χ1v) is 10.7. The summed E-state index contributed by atoms with van der Waals surface area (Å²) in [5.74, 6) is -0.0106. The van der Waals surface area contributed by atoms with E-state index in [0.717, 1.165) is 45.8 Å². The molecule has 0 atom stereocenters. The number of carbonyl (C=O) groups excluding carboxylic acids is 1. The van der Waals surface area contributed by atoms with Crippen LogP contribution < -0.4 is 19.5 Å². The summed E-state index contributed by atoms with van der Waals surface area (Å²) in [5, 5.41) is 3.35. The number of alkyl halides is 3. The van der Waals surface area contributed by atoms with Gasteiger partial charge in [-0.15, -0.1) is 11.3 Å². The van der Waals surface area contributed by atoms with Crippen LogP contribution in [0.25, 0.3) is 20.8 Å². The Kier molecular flexibility index (Phi) is 6.34. The number of halogens is 3. The van der Waals surface area contributed by atoms with Crippen molar-refractivity contribution in [3.05, 3.63) is 65.7 Å². The van der Waals surface area contributed by atoms with Crippen LogP contribution in [-0.4, -0.2) is 32.2 Å². The first-order chi connectivity index (χ1) is 16.2. The van der Waals surface area contributed by atoms with Crippen molar-refractivity contribution in [2.45, 2.75) is 6.18 Å². The Morgan fingerprint density at radius 3 is 2.35 bits per heavy atom. The number of anilines is 1. The minimum atomic E-state index is -4.66. The van der Waals surface area contributed by atoms with Gasteiger partial charge in [0.05, 0.1) is 42.8 Å². The fourth-order valence-electron chi connectivity index (χ4n) is 3.35. The second kappa shape index (κ2) is 9.22. The van der Waals surface area contributed by atoms with E-state index in [1.807, 2.05) is 18.2 Å². The molecule has 34 heavy (non-hydrogen) atoms. The maximum Gasteiger partial charge on any atom is 0.419 e. The second-order valence-corrected chi connectivity index (χ2v) is 8.17. The smallest absolute Gasteiger partial charge is 0.419 e. The van der Waals surface area contributed by atoms with Gasteiger partial charge in [-0.05, 0) is 54.6 Å². The molecule has 0 aliphatic carbocycles. The minimum absolute atomic E-state index is 0.167. The normalized spacial score (nSPS) is 11.4. The molecule has 0 saturated carbocycles. The third kappa shape index (κ3) is 4.62. The monoisotopic (exact) mass is 488 g/mol. The molecule has 4 rings (SSSR count). The molecule has 176 valence electrons. The number of amides is 1. The van der Waals surface area contributed by atoms with Crippen molar-refractivity contribution in [3.63, 3.8) is 0 Å². The van der Waals surface area contributed by atoms with Crippen LogP contribution in [0.5, 0.6) is 17.2 Å². The van der Waals surface area contributed by atoms with Gasteiger partial charge in [0, 0.05) is 11.1 Å². The fourth-order valence-corrected chi connectivity index (χ4v) is 4.34. The lowest BCUT2D eigenvalue weighted by atomic mass is 10.1. The molecule has 1 aromatic heterocycles. The summed E-state index contributed by atoms with van der Waals surface area (Å²) in [6.45, 7) is 0. The van der Waals surface area contributed by atoms with Crippen molar-refractivity contribution >= 4 is 33.1 Å². The number of thiazole rings is 1. The first-order valence-electron chi connectivity index (χ1n) is 9.93. The summed E-state index contributed by atoms with van der Waals surface area (Å²) < 4.78 is 56.3. The van der Waals surface area contributed by atoms with Gasteiger partial charge in [-0.2, -0.15) is 13.2 Å². The molecular weight excluding hydrogens is 469 g/mol. The number of benzene rings is 3. The number of ether oxygens (including phenoxy) is 3. The highest BCUT2D eigenvalue weighted by Gasteiger charge is 2.35. The summed E-state index contributed by atoms with van der Waals surface area (Å²) in [7, 11) is 4.17. The zero-order chi connectivity index (χ0) is 24.5. The number of fused-ring (bicyclic) bond motifs is 1. The molecule has 4 aromatic rings. The summed E-state index contributed by atoms with van der Waals surface area (Å²) in [6.07, 6.45) is -4.66. The van der Waals surface area contributed by atoms with E-state index in [9.17, 15) is 18.0 Å². The summed E-state index contributed by atoms with van der Waals surface area (Å²) in [4.78, 5) is 17.3. The molecule has 0 fully saturated rings. The van der Waals surface area contributed by atoms with Gasteiger partial charge in [0.15, 0.2) is 0 Å². The quantitative estimate of drug-likeness (QED) is 0.347. The molecule has 1 N–H and O–H groups in total. The maximum atomic E-state index is 13.3. The van der Waals surface area contributed by atoms with E-state index in [0.29, 0.717) is 11.4 Å². The van der Waals surface area contributed by atoms with E-state index in [-0.39, 0.29) is 11.3 Å². The molecule has 10 heteroatoms. The van der Waals surface area contributed by atoms with E-state index in [1.165, 1.54) is 24.5 Å². The summed E-state index contributed by atoms with van der Waals surface area (Å²) in [5.41, 5.74) is 0.691. The van der Waals surface area contributed by atoms with Gasteiger partial charge in [0.25, 0.3) is 5.91 Å². The molecule has 1 heterocycles. The van der Waals surface area contributed by atoms with Crippen molar-refractivity contribution in [3.8, 4) is 27.8 Å². The number of methoxy groups -OCH3 is 3. The van der Waals surface area contributed by atoms with Crippen LogP contribution in [0.1, 0.15) is 15.9 Å². The number of hydrogen-bond donors (Lipinski definition) is 1. The van der Waals surface area contributed by atoms with Gasteiger partial charge in [-0.25, -0.2) is 4.98 Å². The average molecular weight is 488 g/mol. The molecule has 0 saturated heterocycles. The van der Waals surface area contributed by atoms with Crippen molar-refractivity contribution in [1.29, 1.82) is 0 Å². The Morgan fingerprint density at radius 1 is 0.912 bits per heavy atom. The van der Waals surface area contributed by atoms with Crippen LogP contribution >= 0.6 is 11.3 Å². The molecule has 6 nitrogen and oxygen atoms in total. The number of hydrogen-bond acceptors (Lipinski definition) is 6. The van der Waals surface area contributed by atoms with Crippen LogP contribution in [0.15, 0.2) is 54.6 Å². The van der Waals surface area contributed by atoms with Crippen molar-refractivity contribution in [1.82, 2.24) is 4.98 Å². The Labute approximate surface area is 196 Å². The topological polar surface area (TPSA) is 69.7 Å². The van der Waals surface area contributed by atoms with Crippen molar-refractivity contribution in [2.24, 2.45) is 0 Å². The SMILES string of the molecule is COc1ccc2nc(-c3ccc(NC(=O)c4ccc(OC)c(C(F)(F)F)c4)c(OC)c3)sc2c1. The van der Waals surface area contributed by atoms with Gasteiger partial charge in [0.1, 0.15) is 22.3 Å². The minimum Gasteiger partial charge on any atom is -0.497 e. The van der Waals surface area contributed by atoms with Crippen molar-refractivity contribution < 1.29 is 32.2 Å². The molecule has 3 aromatic carbocycles. The average Bonchev–Trinajstić information content (AvgIpc) is 3.26. The fraction of sp³-hybridized carbons (Fsp3) is 0.167. The molecule has 0 aliphatic rings. The van der Waals surface area contributed by atoms with E-state index < -0.39 is 17.6 Å². The predicted molar refractivity (Wildman–Crippen MR) is 124 cm³/mol. The molecule has 0 unspecified atom stereocenters. The highest BCUT2D eigenvalue weighted by atomic mass is 32.1. The zero-order valence-electron chi connectivity index (χ0n) is 18.3. The van der Waals surface area contributed by atoms with E-state index >= 15 is 0 Å². The second-order valence-electron chi connectivity index (χ2n) is 7.13. The standard InChI is InChI=1S/C24H19F3N2O4S/c1-31-15-6-8-18-21(12-15)34-23(29-18)14-4-7-17(20(11-14)33-3)28-22(30)13-5-9-19(32-2)16(10-13)24(25,26)27/h4-12H,1-3H3,(H,28,30). The molecular formula is C24H19F3N2O4S. The molecule has 0 spiro atoms. The van der Waals surface area contributed by atoms with E-state index in [2.05, 4.69) is 10.3 Å². The van der Waals surface area contributed by atoms with Crippen molar-refractivity contribution in [2.75, 3.05) is 26.6 Å². The lowest BCUT2D eigenvalue weighted by Gasteiger charge is -2.14.